The lowest BCUT2D eigenvalue weighted by atomic mass is 9.83. The van der Waals surface area contributed by atoms with Gasteiger partial charge < -0.3 is 24.2 Å². The van der Waals surface area contributed by atoms with Gasteiger partial charge in [-0.25, -0.2) is 4.98 Å². The van der Waals surface area contributed by atoms with E-state index in [0.717, 1.165) is 46.4 Å². The van der Waals surface area contributed by atoms with E-state index in [4.69, 9.17) is 14.5 Å². The number of amides is 2. The Hall–Kier alpha value is -3.65. The predicted molar refractivity (Wildman–Crippen MR) is 161 cm³/mol. The maximum Gasteiger partial charge on any atom is 0.230 e. The van der Waals surface area contributed by atoms with Gasteiger partial charge in [-0.3, -0.25) is 9.59 Å². The zero-order valence-electron chi connectivity index (χ0n) is 24.6. The molecule has 3 aromatic rings. The van der Waals surface area contributed by atoms with Crippen LogP contribution in [-0.4, -0.2) is 80.1 Å². The molecule has 2 fully saturated rings. The molecule has 8 nitrogen and oxygen atoms in total. The van der Waals surface area contributed by atoms with Crippen molar-refractivity contribution in [2.24, 2.45) is 5.92 Å². The first-order valence-corrected chi connectivity index (χ1v) is 14.8. The van der Waals surface area contributed by atoms with Crippen LogP contribution < -0.4 is 9.64 Å². The number of piperazine rings is 1. The molecule has 1 aliphatic carbocycles. The second kappa shape index (κ2) is 13.3. The van der Waals surface area contributed by atoms with Crippen LogP contribution in [0.5, 0.6) is 5.75 Å². The third-order valence-electron chi connectivity index (χ3n) is 8.64. The van der Waals surface area contributed by atoms with Gasteiger partial charge >= 0.3 is 0 Å². The molecule has 2 heterocycles. The van der Waals surface area contributed by atoms with Crippen molar-refractivity contribution in [3.8, 4) is 5.75 Å². The maximum absolute atomic E-state index is 14.5. The minimum absolute atomic E-state index is 0.0938. The number of hydrogen-bond donors (Lipinski definition) is 0. The fourth-order valence-electron chi connectivity index (χ4n) is 6.37. The summed E-state index contributed by atoms with van der Waals surface area (Å²) in [6.07, 6.45) is 4.50. The fourth-order valence-corrected chi connectivity index (χ4v) is 6.37. The van der Waals surface area contributed by atoms with E-state index in [1.54, 1.807) is 21.1 Å². The lowest BCUT2D eigenvalue weighted by molar-refractivity contribution is -0.135. The fraction of sp³-hybridized carbons (Fsp3) is 0.485. The molecule has 218 valence electrons. The lowest BCUT2D eigenvalue weighted by Crippen LogP contribution is -2.48. The topological polar surface area (TPSA) is 75.2 Å². The van der Waals surface area contributed by atoms with Crippen molar-refractivity contribution < 1.29 is 19.1 Å². The van der Waals surface area contributed by atoms with E-state index in [1.807, 2.05) is 46.2 Å². The number of fused-ring (bicyclic) bond motifs is 1. The Bertz CT molecular complexity index is 1330. The summed E-state index contributed by atoms with van der Waals surface area (Å²) in [6, 6.07) is 18.3. The summed E-state index contributed by atoms with van der Waals surface area (Å²) in [5.74, 6) is 2.04. The van der Waals surface area contributed by atoms with Gasteiger partial charge in [0, 0.05) is 70.3 Å². The number of carbonyl (C=O) groups excluding carboxylic acids is 2. The molecule has 0 radical (unpaired) electrons. The van der Waals surface area contributed by atoms with Gasteiger partial charge in [-0.1, -0.05) is 43.2 Å². The molecule has 1 aliphatic heterocycles. The van der Waals surface area contributed by atoms with Gasteiger partial charge in [-0.15, -0.1) is 0 Å². The molecule has 1 atom stereocenters. The third kappa shape index (κ3) is 6.64. The molecule has 0 spiro atoms. The molecule has 1 saturated heterocycles. The number of aromatic nitrogens is 1. The molecule has 1 aromatic heterocycles. The van der Waals surface area contributed by atoms with E-state index in [2.05, 4.69) is 23.1 Å². The summed E-state index contributed by atoms with van der Waals surface area (Å²) >= 11 is 0. The van der Waals surface area contributed by atoms with Crippen molar-refractivity contribution in [1.82, 2.24) is 14.8 Å². The van der Waals surface area contributed by atoms with E-state index in [1.165, 1.54) is 12.8 Å². The number of nitrogens with zero attached hydrogens (tertiary/aromatic N) is 4. The highest BCUT2D eigenvalue weighted by atomic mass is 16.5. The van der Waals surface area contributed by atoms with Crippen molar-refractivity contribution in [3.63, 3.8) is 0 Å². The number of pyridine rings is 1. The molecule has 2 aromatic carbocycles. The molecule has 41 heavy (non-hydrogen) atoms. The zero-order valence-corrected chi connectivity index (χ0v) is 24.6. The van der Waals surface area contributed by atoms with E-state index in [0.29, 0.717) is 51.8 Å². The van der Waals surface area contributed by atoms with E-state index < -0.39 is 0 Å². The minimum atomic E-state index is -0.171. The van der Waals surface area contributed by atoms with Crippen LogP contribution in [0, 0.1) is 5.92 Å². The van der Waals surface area contributed by atoms with Crippen LogP contribution in [-0.2, 0) is 20.9 Å². The molecular weight excluding hydrogens is 516 g/mol. The van der Waals surface area contributed by atoms with E-state index in [9.17, 15) is 9.59 Å². The van der Waals surface area contributed by atoms with Crippen molar-refractivity contribution in [2.45, 2.75) is 45.1 Å². The Labute approximate surface area is 243 Å². The molecule has 8 heteroatoms. The average molecular weight is 559 g/mol. The second-order valence-electron chi connectivity index (χ2n) is 11.2. The lowest BCUT2D eigenvalue weighted by Gasteiger charge is -2.37. The van der Waals surface area contributed by atoms with Crippen molar-refractivity contribution >= 4 is 28.5 Å². The van der Waals surface area contributed by atoms with Crippen molar-refractivity contribution in [1.29, 1.82) is 0 Å². The van der Waals surface area contributed by atoms with Gasteiger partial charge in [0.15, 0.2) is 0 Å². The van der Waals surface area contributed by atoms with Gasteiger partial charge in [0.05, 0.1) is 25.2 Å². The van der Waals surface area contributed by atoms with Gasteiger partial charge in [0.25, 0.3) is 0 Å². The number of ether oxygens (including phenoxy) is 2. The second-order valence-corrected chi connectivity index (χ2v) is 11.2. The Kier molecular flexibility index (Phi) is 9.39. The first-order chi connectivity index (χ1) is 20.0. The van der Waals surface area contributed by atoms with Crippen LogP contribution in [0.3, 0.4) is 0 Å². The average Bonchev–Trinajstić information content (AvgIpc) is 3.53. The Morgan fingerprint density at radius 2 is 1.73 bits per heavy atom. The molecule has 0 N–H and O–H groups in total. The molecule has 1 saturated carbocycles. The monoisotopic (exact) mass is 558 g/mol. The van der Waals surface area contributed by atoms with Gasteiger partial charge in [-0.05, 0) is 42.5 Å². The third-order valence-corrected chi connectivity index (χ3v) is 8.64. The van der Waals surface area contributed by atoms with Crippen LogP contribution in [0.25, 0.3) is 10.9 Å². The number of rotatable bonds is 10. The number of carbonyl (C=O) groups is 2. The van der Waals surface area contributed by atoms with Crippen LogP contribution in [0.15, 0.2) is 54.6 Å². The number of methoxy groups -OCH3 is 2. The summed E-state index contributed by atoms with van der Waals surface area (Å²) < 4.78 is 10.9. The standard InChI is InChI=1S/C33H42N4O4/c1-24(38)35-15-17-36(18-16-35)32-28(21-27-13-14-29(41-3)22-30(27)34-32)23-37(19-20-40-2)33(39)31(26-11-7-8-12-26)25-9-5-4-6-10-25/h4-6,9-10,13-14,21-22,26,31H,7-8,11-12,15-20,23H2,1-3H3. The maximum atomic E-state index is 14.5. The van der Waals surface area contributed by atoms with E-state index >= 15 is 0 Å². The largest absolute Gasteiger partial charge is 0.497 e. The Morgan fingerprint density at radius 3 is 2.39 bits per heavy atom. The van der Waals surface area contributed by atoms with Crippen LogP contribution in [0.4, 0.5) is 5.82 Å². The van der Waals surface area contributed by atoms with Gasteiger partial charge in [0.2, 0.25) is 11.8 Å². The smallest absolute Gasteiger partial charge is 0.230 e. The summed E-state index contributed by atoms with van der Waals surface area (Å²) in [4.78, 5) is 37.7. The van der Waals surface area contributed by atoms with Crippen molar-refractivity contribution in [3.05, 3.63) is 65.7 Å². The zero-order chi connectivity index (χ0) is 28.8. The highest BCUT2D eigenvalue weighted by molar-refractivity contribution is 5.86. The summed E-state index contributed by atoms with van der Waals surface area (Å²) in [5, 5.41) is 1.00. The molecule has 0 bridgehead atoms. The molecular formula is C33H42N4O4. The van der Waals surface area contributed by atoms with Gasteiger partial charge in [-0.2, -0.15) is 0 Å². The van der Waals surface area contributed by atoms with Crippen molar-refractivity contribution in [2.75, 3.05) is 58.5 Å². The first kappa shape index (κ1) is 28.9. The van der Waals surface area contributed by atoms with Crippen LogP contribution in [0.1, 0.15) is 49.7 Å². The van der Waals surface area contributed by atoms with Crippen LogP contribution >= 0.6 is 0 Å². The van der Waals surface area contributed by atoms with Gasteiger partial charge in [0.1, 0.15) is 11.6 Å². The molecule has 2 amide bonds. The summed E-state index contributed by atoms with van der Waals surface area (Å²) in [7, 11) is 3.34. The summed E-state index contributed by atoms with van der Waals surface area (Å²) in [6.45, 7) is 5.70. The Balaban J connectivity index is 1.51. The highest BCUT2D eigenvalue weighted by Gasteiger charge is 2.35. The van der Waals surface area contributed by atoms with Crippen LogP contribution in [0.2, 0.25) is 0 Å². The highest BCUT2D eigenvalue weighted by Crippen LogP contribution is 2.39. The normalized spacial score (nSPS) is 16.7. The number of benzene rings is 2. The first-order valence-electron chi connectivity index (χ1n) is 14.8. The number of hydrogen-bond acceptors (Lipinski definition) is 6. The number of anilines is 1. The quantitative estimate of drug-likeness (QED) is 0.354. The van der Waals surface area contributed by atoms with E-state index in [-0.39, 0.29) is 17.7 Å². The molecule has 5 rings (SSSR count). The SMILES string of the molecule is COCCN(Cc1cc2ccc(OC)cc2nc1N1CCN(C(C)=O)CC1)C(=O)C(c1ccccc1)C1CCCC1. The summed E-state index contributed by atoms with van der Waals surface area (Å²) in [5.41, 5.74) is 2.94. The molecule has 1 unspecified atom stereocenters. The Morgan fingerprint density at radius 1 is 1.00 bits per heavy atom. The minimum Gasteiger partial charge on any atom is -0.497 e. The molecule has 2 aliphatic rings. The predicted octanol–water partition coefficient (Wildman–Crippen LogP) is 4.86.